The van der Waals surface area contributed by atoms with Gasteiger partial charge in [0.15, 0.2) is 0 Å². The normalized spacial score (nSPS) is 21.8. The van der Waals surface area contributed by atoms with E-state index in [1.165, 1.54) is 75.1 Å². The molecule has 0 aromatic rings. The van der Waals surface area contributed by atoms with Crippen molar-refractivity contribution in [3.63, 3.8) is 0 Å². The molecule has 0 spiro atoms. The van der Waals surface area contributed by atoms with Crippen molar-refractivity contribution in [2.45, 2.75) is 96.8 Å². The molecule has 0 aromatic heterocycles. The van der Waals surface area contributed by atoms with Crippen molar-refractivity contribution in [1.82, 2.24) is 0 Å². The molecule has 0 aromatic carbocycles. The Hall–Kier alpha value is 0.730. The van der Waals surface area contributed by atoms with E-state index >= 15 is 0 Å². The highest BCUT2D eigenvalue weighted by Gasteiger charge is 2.34. The fraction of sp³-hybridized carbons (Fsp3) is 1.00. The van der Waals surface area contributed by atoms with Gasteiger partial charge in [0.25, 0.3) is 0 Å². The molecular weight excluding hydrogens is 343 g/mol. The van der Waals surface area contributed by atoms with Gasteiger partial charge in [-0.1, -0.05) is 107 Å². The summed E-state index contributed by atoms with van der Waals surface area (Å²) in [6.45, 7) is 2.30. The van der Waals surface area contributed by atoms with Gasteiger partial charge >= 0.3 is 0 Å². The molecule has 1 fully saturated rings. The number of rotatable bonds is 14. The van der Waals surface area contributed by atoms with Crippen LogP contribution < -0.4 is 0 Å². The van der Waals surface area contributed by atoms with Crippen molar-refractivity contribution >= 4 is 22.6 Å². The second-order valence-corrected chi connectivity index (χ2v) is 7.64. The Morgan fingerprint density at radius 3 is 1.68 bits per heavy atom. The molecule has 0 amide bonds. The minimum atomic E-state index is 1.14. The maximum absolute atomic E-state index is 2.50. The lowest BCUT2D eigenvalue weighted by Crippen LogP contribution is -1.87. The summed E-state index contributed by atoms with van der Waals surface area (Å²) in [6, 6.07) is 0. The lowest BCUT2D eigenvalue weighted by Gasteiger charge is -2.02. The maximum atomic E-state index is 2.50. The summed E-state index contributed by atoms with van der Waals surface area (Å²) in [5, 5.41) is 0. The van der Waals surface area contributed by atoms with E-state index in [9.17, 15) is 0 Å². The Kier molecular flexibility index (Phi) is 11.7. The van der Waals surface area contributed by atoms with Gasteiger partial charge in [0, 0.05) is 0 Å². The lowest BCUT2D eigenvalue weighted by molar-refractivity contribution is 0.520. The first kappa shape index (κ1) is 17.8. The van der Waals surface area contributed by atoms with Gasteiger partial charge in [0.1, 0.15) is 0 Å². The second-order valence-electron chi connectivity index (χ2n) is 6.56. The summed E-state index contributed by atoms with van der Waals surface area (Å²) in [5.41, 5.74) is 0. The number of halogens is 1. The van der Waals surface area contributed by atoms with E-state index in [1.807, 2.05) is 0 Å². The summed E-state index contributed by atoms with van der Waals surface area (Å²) in [5.74, 6) is 2.28. The summed E-state index contributed by atoms with van der Waals surface area (Å²) in [4.78, 5) is 0. The van der Waals surface area contributed by atoms with Crippen molar-refractivity contribution in [1.29, 1.82) is 0 Å². The lowest BCUT2D eigenvalue weighted by atomic mass is 10.0. The molecule has 2 atom stereocenters. The van der Waals surface area contributed by atoms with Gasteiger partial charge < -0.3 is 0 Å². The monoisotopic (exact) mass is 378 g/mol. The highest BCUT2D eigenvalue weighted by atomic mass is 127. The molecule has 1 rings (SSSR count). The van der Waals surface area contributed by atoms with Gasteiger partial charge in [0.2, 0.25) is 0 Å². The van der Waals surface area contributed by atoms with Crippen LogP contribution in [-0.4, -0.2) is 4.43 Å². The molecule has 0 radical (unpaired) electrons. The first-order chi connectivity index (χ1) is 9.38. The fourth-order valence-corrected chi connectivity index (χ4v) is 3.77. The molecular formula is C18H35I. The predicted octanol–water partition coefficient (Wildman–Crippen LogP) is 7.15. The molecule has 0 nitrogen and oxygen atoms in total. The van der Waals surface area contributed by atoms with Gasteiger partial charge in [-0.05, 0) is 29.1 Å². The van der Waals surface area contributed by atoms with Crippen LogP contribution in [0.5, 0.6) is 0 Å². The van der Waals surface area contributed by atoms with Gasteiger partial charge in [-0.3, -0.25) is 0 Å². The molecule has 0 unspecified atom stereocenters. The second kappa shape index (κ2) is 12.5. The van der Waals surface area contributed by atoms with Crippen LogP contribution in [0.3, 0.4) is 0 Å². The van der Waals surface area contributed by atoms with E-state index < -0.39 is 0 Å². The van der Waals surface area contributed by atoms with Crippen molar-refractivity contribution in [3.05, 3.63) is 0 Å². The van der Waals surface area contributed by atoms with Crippen LogP contribution in [0.2, 0.25) is 0 Å². The highest BCUT2D eigenvalue weighted by Crippen LogP contribution is 2.45. The largest absolute Gasteiger partial charge is 0.0864 e. The standard InChI is InChI=1S/C18H35I/c1-2-3-4-5-6-7-8-10-13-17-16-18(17)14-11-9-12-15-19/h17-18H,2-16H2,1H3/t17-,18+/m0/s1. The van der Waals surface area contributed by atoms with E-state index in [1.54, 1.807) is 19.3 Å². The Balaban J connectivity index is 1.74. The summed E-state index contributed by atoms with van der Waals surface area (Å²) < 4.78 is 1.35. The average molecular weight is 378 g/mol. The van der Waals surface area contributed by atoms with E-state index in [-0.39, 0.29) is 0 Å². The molecule has 19 heavy (non-hydrogen) atoms. The van der Waals surface area contributed by atoms with E-state index in [4.69, 9.17) is 0 Å². The molecule has 1 saturated carbocycles. The Morgan fingerprint density at radius 2 is 1.16 bits per heavy atom. The van der Waals surface area contributed by atoms with E-state index in [2.05, 4.69) is 29.5 Å². The molecule has 114 valence electrons. The molecule has 0 N–H and O–H groups in total. The molecule has 0 bridgehead atoms. The first-order valence-electron chi connectivity index (χ1n) is 8.94. The minimum absolute atomic E-state index is 1.14. The van der Waals surface area contributed by atoms with Crippen LogP contribution in [-0.2, 0) is 0 Å². The SMILES string of the molecule is CCCCCCCCCC[C@H]1C[C@H]1CCCCCI. The van der Waals surface area contributed by atoms with Crippen molar-refractivity contribution in [3.8, 4) is 0 Å². The fourth-order valence-electron chi connectivity index (χ4n) is 3.24. The summed E-state index contributed by atoms with van der Waals surface area (Å²) in [7, 11) is 0. The third-order valence-corrected chi connectivity index (χ3v) is 5.47. The molecule has 0 heterocycles. The Morgan fingerprint density at radius 1 is 0.684 bits per heavy atom. The zero-order valence-electron chi connectivity index (χ0n) is 13.1. The van der Waals surface area contributed by atoms with E-state index in [0.29, 0.717) is 0 Å². The van der Waals surface area contributed by atoms with Crippen LogP contribution in [0.25, 0.3) is 0 Å². The third kappa shape index (κ3) is 10.1. The molecule has 1 heteroatoms. The van der Waals surface area contributed by atoms with Crippen LogP contribution in [0.1, 0.15) is 96.8 Å². The molecule has 1 aliphatic rings. The van der Waals surface area contributed by atoms with Crippen LogP contribution in [0.4, 0.5) is 0 Å². The van der Waals surface area contributed by atoms with Crippen LogP contribution >= 0.6 is 22.6 Å². The molecule has 1 aliphatic carbocycles. The molecule has 0 saturated heterocycles. The number of hydrogen-bond donors (Lipinski definition) is 0. The zero-order chi connectivity index (χ0) is 13.8. The smallest absolute Gasteiger partial charge is 0.000473 e. The first-order valence-corrected chi connectivity index (χ1v) is 10.5. The summed E-state index contributed by atoms with van der Waals surface area (Å²) >= 11 is 2.50. The van der Waals surface area contributed by atoms with Crippen LogP contribution in [0, 0.1) is 11.8 Å². The van der Waals surface area contributed by atoms with Gasteiger partial charge in [-0.2, -0.15) is 0 Å². The minimum Gasteiger partial charge on any atom is -0.0864 e. The van der Waals surface area contributed by atoms with Crippen LogP contribution in [0.15, 0.2) is 0 Å². The van der Waals surface area contributed by atoms with Gasteiger partial charge in [-0.15, -0.1) is 0 Å². The maximum Gasteiger partial charge on any atom is -0.000473 e. The van der Waals surface area contributed by atoms with Crippen molar-refractivity contribution < 1.29 is 0 Å². The quantitative estimate of drug-likeness (QED) is 0.171. The third-order valence-electron chi connectivity index (χ3n) is 4.71. The Labute approximate surface area is 135 Å². The number of hydrogen-bond acceptors (Lipinski definition) is 0. The van der Waals surface area contributed by atoms with Gasteiger partial charge in [-0.25, -0.2) is 0 Å². The summed E-state index contributed by atoms with van der Waals surface area (Å²) in [6.07, 6.45) is 20.9. The Bertz CT molecular complexity index is 190. The van der Waals surface area contributed by atoms with Crippen molar-refractivity contribution in [2.75, 3.05) is 4.43 Å². The highest BCUT2D eigenvalue weighted by molar-refractivity contribution is 14.1. The topological polar surface area (TPSA) is 0 Å². The molecule has 0 aliphatic heterocycles. The van der Waals surface area contributed by atoms with Gasteiger partial charge in [0.05, 0.1) is 0 Å². The number of alkyl halides is 1. The number of unbranched alkanes of at least 4 members (excludes halogenated alkanes) is 9. The zero-order valence-corrected chi connectivity index (χ0v) is 15.3. The van der Waals surface area contributed by atoms with Crippen molar-refractivity contribution in [2.24, 2.45) is 11.8 Å². The van der Waals surface area contributed by atoms with E-state index in [0.717, 1.165) is 11.8 Å². The average Bonchev–Trinajstić information content (AvgIpc) is 3.16. The predicted molar refractivity (Wildman–Crippen MR) is 96.2 cm³/mol.